The molecule has 1 fully saturated rings. The van der Waals surface area contributed by atoms with Gasteiger partial charge in [-0.2, -0.15) is 0 Å². The van der Waals surface area contributed by atoms with Crippen molar-refractivity contribution in [1.82, 2.24) is 9.88 Å². The molecule has 0 unspecified atom stereocenters. The molecule has 1 aromatic heterocycles. The molecule has 0 radical (unpaired) electrons. The number of amides is 1. The van der Waals surface area contributed by atoms with Crippen molar-refractivity contribution in [3.63, 3.8) is 0 Å². The molecule has 2 aliphatic rings. The fourth-order valence-electron chi connectivity index (χ4n) is 4.95. The Morgan fingerprint density at radius 3 is 2.79 bits per heavy atom. The maximum absolute atomic E-state index is 13.0. The maximum Gasteiger partial charge on any atom is 0.225 e. The highest BCUT2D eigenvalue weighted by Crippen LogP contribution is 2.35. The van der Waals surface area contributed by atoms with E-state index in [9.17, 15) is 4.79 Å². The molecule has 0 spiro atoms. The second kappa shape index (κ2) is 8.73. The number of halogens is 1. The first-order chi connectivity index (χ1) is 13.7. The number of unbranched alkanes of at least 4 members (excludes halogenated alkanes) is 1. The maximum atomic E-state index is 13.0. The van der Waals surface area contributed by atoms with E-state index in [1.165, 1.54) is 48.6 Å². The third-order valence-corrected chi connectivity index (χ3v) is 7.01. The van der Waals surface area contributed by atoms with Gasteiger partial charge < -0.3 is 9.88 Å². The Hall–Kier alpha value is -1.74. The van der Waals surface area contributed by atoms with E-state index in [0.717, 1.165) is 48.8 Å². The number of nitrogens with one attached hydrogen (secondary N) is 1. The van der Waals surface area contributed by atoms with Crippen LogP contribution in [0.3, 0.4) is 0 Å². The molecular formula is C24H31ClN2O. The van der Waals surface area contributed by atoms with Crippen molar-refractivity contribution < 1.29 is 4.79 Å². The number of carbonyl (C=O) groups excluding carboxylic acids is 1. The largest absolute Gasteiger partial charge is 0.359 e. The number of para-hydroxylation sites is 1. The first-order valence-corrected chi connectivity index (χ1v) is 11.3. The van der Waals surface area contributed by atoms with Crippen LogP contribution in [0.2, 0.25) is 5.02 Å². The molecule has 0 atom stereocenters. The van der Waals surface area contributed by atoms with Gasteiger partial charge >= 0.3 is 0 Å². The summed E-state index contributed by atoms with van der Waals surface area (Å²) in [5, 5.41) is 1.93. The van der Waals surface area contributed by atoms with Gasteiger partial charge in [0.15, 0.2) is 0 Å². The van der Waals surface area contributed by atoms with Gasteiger partial charge in [-0.25, -0.2) is 0 Å². The van der Waals surface area contributed by atoms with Crippen LogP contribution in [-0.2, 0) is 4.79 Å². The van der Waals surface area contributed by atoms with Crippen LogP contribution in [0.4, 0.5) is 0 Å². The molecule has 3 nitrogen and oxygen atoms in total. The summed E-state index contributed by atoms with van der Waals surface area (Å²) in [7, 11) is 0. The number of benzene rings is 1. The van der Waals surface area contributed by atoms with Gasteiger partial charge in [0, 0.05) is 36.2 Å². The molecule has 150 valence electrons. The van der Waals surface area contributed by atoms with Crippen molar-refractivity contribution in [3.8, 4) is 0 Å². The van der Waals surface area contributed by atoms with Gasteiger partial charge in [-0.15, -0.1) is 0 Å². The predicted molar refractivity (Wildman–Crippen MR) is 117 cm³/mol. The van der Waals surface area contributed by atoms with Crippen LogP contribution in [0.25, 0.3) is 16.5 Å². The number of H-pyrrole nitrogens is 1. The van der Waals surface area contributed by atoms with Gasteiger partial charge in [0.1, 0.15) is 0 Å². The van der Waals surface area contributed by atoms with Gasteiger partial charge in [0.05, 0.1) is 10.5 Å². The topological polar surface area (TPSA) is 36.1 Å². The number of fused-ring (bicyclic) bond motifs is 1. The van der Waals surface area contributed by atoms with E-state index in [2.05, 4.69) is 35.1 Å². The number of aromatic nitrogens is 1. The van der Waals surface area contributed by atoms with Gasteiger partial charge in [-0.05, 0) is 49.7 Å². The summed E-state index contributed by atoms with van der Waals surface area (Å²) in [6.45, 7) is 3.82. The minimum absolute atomic E-state index is 0.250. The summed E-state index contributed by atoms with van der Waals surface area (Å²) < 4.78 is 0. The SMILES string of the molecule is CCCCC1CCC(C(=O)N2CC=C(c3c[nH]c4c(Cl)cccc34)CC2)CC1. The number of aromatic amines is 1. The minimum Gasteiger partial charge on any atom is -0.359 e. The summed E-state index contributed by atoms with van der Waals surface area (Å²) in [6, 6.07) is 6.03. The normalized spacial score (nSPS) is 23.1. The van der Waals surface area contributed by atoms with Crippen molar-refractivity contribution in [2.24, 2.45) is 11.8 Å². The molecule has 0 saturated heterocycles. The summed E-state index contributed by atoms with van der Waals surface area (Å²) in [5.41, 5.74) is 3.54. The quantitative estimate of drug-likeness (QED) is 0.618. The van der Waals surface area contributed by atoms with Crippen LogP contribution in [0.5, 0.6) is 0 Å². The Labute approximate surface area is 173 Å². The summed E-state index contributed by atoms with van der Waals surface area (Å²) in [5.74, 6) is 1.48. The molecule has 4 heteroatoms. The average molecular weight is 399 g/mol. The fourth-order valence-corrected chi connectivity index (χ4v) is 5.18. The van der Waals surface area contributed by atoms with Gasteiger partial charge in [-0.3, -0.25) is 4.79 Å². The highest BCUT2D eigenvalue weighted by atomic mass is 35.5. The number of hydrogen-bond acceptors (Lipinski definition) is 1. The van der Waals surface area contributed by atoms with Gasteiger partial charge in [-0.1, -0.05) is 56.0 Å². The average Bonchev–Trinajstić information content (AvgIpc) is 3.18. The van der Waals surface area contributed by atoms with Crippen molar-refractivity contribution in [2.45, 2.75) is 58.3 Å². The zero-order valence-electron chi connectivity index (χ0n) is 16.8. The van der Waals surface area contributed by atoms with Crippen molar-refractivity contribution in [2.75, 3.05) is 13.1 Å². The standard InChI is InChI=1S/C24H31ClN2O/c1-2-3-5-17-8-10-19(11-9-17)24(28)27-14-12-18(13-15-27)21-16-26-23-20(21)6-4-7-22(23)25/h4,6-7,12,16-17,19,26H,2-3,5,8-11,13-15H2,1H3. The van der Waals surface area contributed by atoms with Gasteiger partial charge in [0.2, 0.25) is 5.91 Å². The molecule has 1 saturated carbocycles. The third kappa shape index (κ3) is 4.00. The second-order valence-corrected chi connectivity index (χ2v) is 8.90. The van der Waals surface area contributed by atoms with E-state index in [1.807, 2.05) is 12.1 Å². The third-order valence-electron chi connectivity index (χ3n) is 6.69. The Morgan fingerprint density at radius 2 is 2.07 bits per heavy atom. The zero-order chi connectivity index (χ0) is 19.5. The first-order valence-electron chi connectivity index (χ1n) is 10.9. The molecule has 28 heavy (non-hydrogen) atoms. The molecule has 1 aliphatic heterocycles. The zero-order valence-corrected chi connectivity index (χ0v) is 17.6. The Bertz CT molecular complexity index is 861. The molecule has 4 rings (SSSR count). The van der Waals surface area contributed by atoms with Crippen LogP contribution in [0.15, 0.2) is 30.5 Å². The first kappa shape index (κ1) is 19.6. The van der Waals surface area contributed by atoms with Crippen LogP contribution in [0.1, 0.15) is 63.9 Å². The van der Waals surface area contributed by atoms with Crippen molar-refractivity contribution >= 4 is 34.0 Å². The smallest absolute Gasteiger partial charge is 0.225 e. The number of nitrogens with zero attached hydrogens (tertiary/aromatic N) is 1. The lowest BCUT2D eigenvalue weighted by atomic mass is 9.79. The highest BCUT2D eigenvalue weighted by molar-refractivity contribution is 6.35. The van der Waals surface area contributed by atoms with E-state index in [-0.39, 0.29) is 5.92 Å². The molecule has 1 aliphatic carbocycles. The molecule has 1 N–H and O–H groups in total. The minimum atomic E-state index is 0.250. The molecule has 2 aromatic rings. The molecule has 0 bridgehead atoms. The highest BCUT2D eigenvalue weighted by Gasteiger charge is 2.30. The molecule has 1 amide bonds. The molecule has 1 aromatic carbocycles. The van der Waals surface area contributed by atoms with Crippen LogP contribution in [0, 0.1) is 11.8 Å². The van der Waals surface area contributed by atoms with E-state index in [4.69, 9.17) is 11.6 Å². The van der Waals surface area contributed by atoms with Crippen molar-refractivity contribution in [3.05, 3.63) is 41.1 Å². The predicted octanol–water partition coefficient (Wildman–Crippen LogP) is 6.43. The molecule has 2 heterocycles. The lowest BCUT2D eigenvalue weighted by molar-refractivity contribution is -0.136. The van der Waals surface area contributed by atoms with Crippen LogP contribution in [-0.4, -0.2) is 28.9 Å². The Kier molecular flexibility index (Phi) is 6.10. The van der Waals surface area contributed by atoms with E-state index >= 15 is 0 Å². The van der Waals surface area contributed by atoms with Crippen molar-refractivity contribution in [1.29, 1.82) is 0 Å². The second-order valence-electron chi connectivity index (χ2n) is 8.49. The Balaban J connectivity index is 1.37. The number of carbonyl (C=O) groups is 1. The van der Waals surface area contributed by atoms with E-state index < -0.39 is 0 Å². The lowest BCUT2D eigenvalue weighted by Gasteiger charge is -2.33. The lowest BCUT2D eigenvalue weighted by Crippen LogP contribution is -2.40. The summed E-state index contributed by atoms with van der Waals surface area (Å²) in [6.07, 6.45) is 13.8. The summed E-state index contributed by atoms with van der Waals surface area (Å²) >= 11 is 6.29. The van der Waals surface area contributed by atoms with Gasteiger partial charge in [0.25, 0.3) is 0 Å². The fraction of sp³-hybridized carbons (Fsp3) is 0.542. The monoisotopic (exact) mass is 398 g/mol. The number of hydrogen-bond donors (Lipinski definition) is 1. The van der Waals surface area contributed by atoms with E-state index in [1.54, 1.807) is 0 Å². The molecular weight excluding hydrogens is 368 g/mol. The van der Waals surface area contributed by atoms with Crippen LogP contribution < -0.4 is 0 Å². The van der Waals surface area contributed by atoms with Crippen LogP contribution >= 0.6 is 11.6 Å². The van der Waals surface area contributed by atoms with E-state index in [0.29, 0.717) is 5.91 Å². The summed E-state index contributed by atoms with van der Waals surface area (Å²) in [4.78, 5) is 18.4. The number of rotatable bonds is 5. The Morgan fingerprint density at radius 1 is 1.25 bits per heavy atom.